The summed E-state index contributed by atoms with van der Waals surface area (Å²) in [5.74, 6) is -0.988. The standard InChI is InChI=1S/C14H23NO6/c1-13(2,3)21-12(18)15-9(10(16)19-4)8-14(6-7-14)11(17)20-5/h9H,6-8H2,1-5H3,(H,15,18)/t9-/m0/s1. The summed E-state index contributed by atoms with van der Waals surface area (Å²) in [6.45, 7) is 5.16. The van der Waals surface area contributed by atoms with Crippen LogP contribution in [-0.4, -0.2) is 43.9 Å². The van der Waals surface area contributed by atoms with Crippen LogP contribution >= 0.6 is 0 Å². The van der Waals surface area contributed by atoms with Crippen molar-refractivity contribution in [1.29, 1.82) is 0 Å². The fraction of sp³-hybridized carbons (Fsp3) is 0.786. The topological polar surface area (TPSA) is 90.9 Å². The van der Waals surface area contributed by atoms with Crippen LogP contribution in [0.15, 0.2) is 0 Å². The zero-order chi connectivity index (χ0) is 16.3. The number of nitrogens with one attached hydrogen (secondary N) is 1. The number of ether oxygens (including phenoxy) is 3. The van der Waals surface area contributed by atoms with E-state index < -0.39 is 29.1 Å². The maximum atomic E-state index is 11.8. The lowest BCUT2D eigenvalue weighted by Gasteiger charge is -2.24. The second-order valence-corrected chi connectivity index (χ2v) is 6.20. The molecular formula is C14H23NO6. The molecule has 0 aromatic rings. The van der Waals surface area contributed by atoms with E-state index in [0.29, 0.717) is 12.8 Å². The molecule has 0 aromatic heterocycles. The van der Waals surface area contributed by atoms with E-state index >= 15 is 0 Å². The monoisotopic (exact) mass is 301 g/mol. The van der Waals surface area contributed by atoms with E-state index in [1.165, 1.54) is 14.2 Å². The lowest BCUT2D eigenvalue weighted by Crippen LogP contribution is -2.46. The van der Waals surface area contributed by atoms with Crippen LogP contribution in [0, 0.1) is 5.41 Å². The molecule has 120 valence electrons. The van der Waals surface area contributed by atoms with E-state index in [-0.39, 0.29) is 12.4 Å². The van der Waals surface area contributed by atoms with Crippen molar-refractivity contribution in [1.82, 2.24) is 5.32 Å². The summed E-state index contributed by atoms with van der Waals surface area (Å²) in [5, 5.41) is 2.46. The minimum atomic E-state index is -0.938. The average molecular weight is 301 g/mol. The normalized spacial score (nSPS) is 17.4. The molecule has 21 heavy (non-hydrogen) atoms. The third-order valence-corrected chi connectivity index (χ3v) is 3.24. The molecule has 7 heteroatoms. The van der Waals surface area contributed by atoms with Crippen molar-refractivity contribution in [2.24, 2.45) is 5.41 Å². The molecule has 0 aromatic carbocycles. The maximum Gasteiger partial charge on any atom is 0.408 e. The minimum Gasteiger partial charge on any atom is -0.469 e. The number of hydrogen-bond donors (Lipinski definition) is 1. The summed E-state index contributed by atoms with van der Waals surface area (Å²) < 4.78 is 14.5. The predicted octanol–water partition coefficient (Wildman–Crippen LogP) is 1.40. The van der Waals surface area contributed by atoms with Crippen molar-refractivity contribution >= 4 is 18.0 Å². The van der Waals surface area contributed by atoms with Crippen LogP contribution in [0.2, 0.25) is 0 Å². The van der Waals surface area contributed by atoms with Crippen LogP contribution < -0.4 is 5.32 Å². The molecule has 1 N–H and O–H groups in total. The van der Waals surface area contributed by atoms with Crippen LogP contribution in [0.3, 0.4) is 0 Å². The number of methoxy groups -OCH3 is 2. The number of carbonyl (C=O) groups excluding carboxylic acids is 3. The quantitative estimate of drug-likeness (QED) is 0.609. The third-order valence-electron chi connectivity index (χ3n) is 3.24. The van der Waals surface area contributed by atoms with E-state index in [4.69, 9.17) is 9.47 Å². The third kappa shape index (κ3) is 4.91. The average Bonchev–Trinajstić information content (AvgIpc) is 3.14. The van der Waals surface area contributed by atoms with Crippen LogP contribution in [0.4, 0.5) is 4.79 Å². The Hall–Kier alpha value is -1.79. The first-order chi connectivity index (χ1) is 9.63. The summed E-state index contributed by atoms with van der Waals surface area (Å²) >= 11 is 0. The summed E-state index contributed by atoms with van der Waals surface area (Å²) in [6.07, 6.45) is 0.677. The van der Waals surface area contributed by atoms with E-state index in [9.17, 15) is 14.4 Å². The second-order valence-electron chi connectivity index (χ2n) is 6.20. The maximum absolute atomic E-state index is 11.8. The second kappa shape index (κ2) is 6.32. The summed E-state index contributed by atoms with van der Waals surface area (Å²) in [7, 11) is 2.53. The van der Waals surface area contributed by atoms with Gasteiger partial charge in [-0.1, -0.05) is 0 Å². The molecule has 0 bridgehead atoms. The smallest absolute Gasteiger partial charge is 0.408 e. The molecule has 1 rings (SSSR count). The summed E-state index contributed by atoms with van der Waals surface area (Å²) in [5.41, 5.74) is -1.38. The first-order valence-corrected chi connectivity index (χ1v) is 6.79. The molecule has 0 saturated heterocycles. The molecule has 1 amide bonds. The van der Waals surface area contributed by atoms with E-state index in [2.05, 4.69) is 10.1 Å². The Kier molecular flexibility index (Phi) is 5.20. The predicted molar refractivity (Wildman–Crippen MR) is 73.5 cm³/mol. The molecule has 1 saturated carbocycles. The van der Waals surface area contributed by atoms with Crippen molar-refractivity contribution in [3.8, 4) is 0 Å². The van der Waals surface area contributed by atoms with Gasteiger partial charge < -0.3 is 19.5 Å². The Labute approximate surface area is 124 Å². The van der Waals surface area contributed by atoms with Gasteiger partial charge in [-0.3, -0.25) is 4.79 Å². The van der Waals surface area contributed by atoms with Crippen LogP contribution in [-0.2, 0) is 23.8 Å². The minimum absolute atomic E-state index is 0.144. The highest BCUT2D eigenvalue weighted by Gasteiger charge is 2.53. The van der Waals surface area contributed by atoms with Gasteiger partial charge in [-0.15, -0.1) is 0 Å². The summed E-state index contributed by atoms with van der Waals surface area (Å²) in [6, 6.07) is -0.938. The molecule has 7 nitrogen and oxygen atoms in total. The van der Waals surface area contributed by atoms with Crippen LogP contribution in [0.5, 0.6) is 0 Å². The lowest BCUT2D eigenvalue weighted by atomic mass is 9.97. The van der Waals surface area contributed by atoms with Crippen LogP contribution in [0.25, 0.3) is 0 Å². The molecule has 0 aliphatic heterocycles. The van der Waals surface area contributed by atoms with E-state index in [1.807, 2.05) is 0 Å². The van der Waals surface area contributed by atoms with Gasteiger partial charge in [0.05, 0.1) is 19.6 Å². The number of esters is 2. The molecule has 0 radical (unpaired) electrons. The first kappa shape index (κ1) is 17.3. The van der Waals surface area contributed by atoms with Gasteiger partial charge in [-0.25, -0.2) is 9.59 Å². The van der Waals surface area contributed by atoms with Gasteiger partial charge in [0, 0.05) is 0 Å². The molecule has 1 aliphatic rings. The highest BCUT2D eigenvalue weighted by molar-refractivity contribution is 5.84. The molecule has 1 aliphatic carbocycles. The first-order valence-electron chi connectivity index (χ1n) is 6.79. The Bertz CT molecular complexity index is 422. The van der Waals surface area contributed by atoms with Crippen molar-refractivity contribution < 1.29 is 28.6 Å². The largest absolute Gasteiger partial charge is 0.469 e. The van der Waals surface area contributed by atoms with Crippen molar-refractivity contribution in [2.45, 2.75) is 51.7 Å². The van der Waals surface area contributed by atoms with Gasteiger partial charge in [0.15, 0.2) is 0 Å². The Morgan fingerprint density at radius 1 is 1.14 bits per heavy atom. The molecular weight excluding hydrogens is 278 g/mol. The lowest BCUT2D eigenvalue weighted by molar-refractivity contribution is -0.149. The number of carbonyl (C=O) groups is 3. The van der Waals surface area contributed by atoms with Crippen molar-refractivity contribution in [2.75, 3.05) is 14.2 Å². The highest BCUT2D eigenvalue weighted by Crippen LogP contribution is 2.50. The zero-order valence-corrected chi connectivity index (χ0v) is 13.1. The molecule has 0 unspecified atom stereocenters. The van der Waals surface area contributed by atoms with Gasteiger partial charge in [-0.2, -0.15) is 0 Å². The fourth-order valence-corrected chi connectivity index (χ4v) is 2.04. The van der Waals surface area contributed by atoms with Crippen molar-refractivity contribution in [3.63, 3.8) is 0 Å². The highest BCUT2D eigenvalue weighted by atomic mass is 16.6. The molecule has 0 spiro atoms. The van der Waals surface area contributed by atoms with Gasteiger partial charge in [0.1, 0.15) is 11.6 Å². The van der Waals surface area contributed by atoms with Gasteiger partial charge in [0.2, 0.25) is 0 Å². The fourth-order valence-electron chi connectivity index (χ4n) is 2.04. The van der Waals surface area contributed by atoms with Gasteiger partial charge in [-0.05, 0) is 40.0 Å². The number of rotatable bonds is 5. The van der Waals surface area contributed by atoms with Crippen LogP contribution in [0.1, 0.15) is 40.0 Å². The number of alkyl carbamates (subject to hydrolysis) is 1. The Morgan fingerprint density at radius 3 is 2.10 bits per heavy atom. The van der Waals surface area contributed by atoms with Gasteiger partial charge in [0.25, 0.3) is 0 Å². The number of hydrogen-bond acceptors (Lipinski definition) is 6. The molecule has 0 heterocycles. The van der Waals surface area contributed by atoms with Crippen molar-refractivity contribution in [3.05, 3.63) is 0 Å². The molecule has 1 fully saturated rings. The zero-order valence-electron chi connectivity index (χ0n) is 13.1. The number of amides is 1. The van der Waals surface area contributed by atoms with Gasteiger partial charge >= 0.3 is 18.0 Å². The molecule has 1 atom stereocenters. The van der Waals surface area contributed by atoms with E-state index in [0.717, 1.165) is 0 Å². The SMILES string of the molecule is COC(=O)[C@H](CC1(C(=O)OC)CC1)NC(=O)OC(C)(C)C. The Balaban J connectivity index is 2.72. The summed E-state index contributed by atoms with van der Waals surface area (Å²) in [4.78, 5) is 35.3. The van der Waals surface area contributed by atoms with E-state index in [1.54, 1.807) is 20.8 Å². The Morgan fingerprint density at radius 2 is 1.71 bits per heavy atom.